The van der Waals surface area contributed by atoms with Crippen molar-refractivity contribution in [3.05, 3.63) is 58.9 Å². The number of phenolic OH excluding ortho intramolecular Hbond substituents is 2. The molecule has 0 bridgehead atoms. The van der Waals surface area contributed by atoms with Gasteiger partial charge in [0.15, 0.2) is 0 Å². The number of hydrogen-bond donors (Lipinski definition) is 3. The van der Waals surface area contributed by atoms with Crippen LogP contribution in [-0.2, 0) is 17.6 Å². The second kappa shape index (κ2) is 12.9. The highest BCUT2D eigenvalue weighted by atomic mass is 19.4. The van der Waals surface area contributed by atoms with Crippen LogP contribution in [0.5, 0.6) is 11.5 Å². The molecule has 4 nitrogen and oxygen atoms in total. The largest absolute Gasteiger partial charge is 0.508 e. The van der Waals surface area contributed by atoms with Gasteiger partial charge in [0.1, 0.15) is 23.1 Å². The molecule has 0 spiro atoms. The van der Waals surface area contributed by atoms with Gasteiger partial charge < -0.3 is 15.9 Å². The minimum atomic E-state index is -4.32. The summed E-state index contributed by atoms with van der Waals surface area (Å²) >= 11 is 0. The van der Waals surface area contributed by atoms with Gasteiger partial charge in [-0.3, -0.25) is 4.79 Å². The van der Waals surface area contributed by atoms with Crippen LogP contribution < -0.4 is 5.73 Å². The Morgan fingerprint density at radius 3 is 2.31 bits per heavy atom. The Kier molecular flexibility index (Phi) is 9.50. The molecule has 0 aliphatic heterocycles. The Bertz CT molecular complexity index is 1240. The fraction of sp³-hybridized carbons (Fsp3) is 0.618. The third-order valence-electron chi connectivity index (χ3n) is 10.5. The number of ketones is 1. The number of rotatable bonds is 10. The topological polar surface area (TPSA) is 83.5 Å². The number of hydrogen-bond acceptors (Lipinski definition) is 4. The van der Waals surface area contributed by atoms with Crippen LogP contribution in [0.2, 0.25) is 0 Å². The Morgan fingerprint density at radius 2 is 1.64 bits per heavy atom. The van der Waals surface area contributed by atoms with Crippen molar-refractivity contribution in [3.8, 4) is 11.5 Å². The van der Waals surface area contributed by atoms with Gasteiger partial charge in [0.05, 0.1) is 6.42 Å². The maximum atomic E-state index is 14.2. The van der Waals surface area contributed by atoms with E-state index in [0.29, 0.717) is 66.4 Å². The summed E-state index contributed by atoms with van der Waals surface area (Å²) in [4.78, 5) is 11.9. The molecule has 0 saturated heterocycles. The van der Waals surface area contributed by atoms with Gasteiger partial charge in [0.2, 0.25) is 0 Å². The summed E-state index contributed by atoms with van der Waals surface area (Å²) in [6, 6.07) is 9.97. The molecule has 4 N–H and O–H groups in total. The number of phenols is 2. The Morgan fingerprint density at radius 1 is 0.905 bits per heavy atom. The summed E-state index contributed by atoms with van der Waals surface area (Å²) in [5.41, 5.74) is 8.73. The maximum Gasteiger partial charge on any atom is 0.389 e. The van der Waals surface area contributed by atoms with Gasteiger partial charge in [0.25, 0.3) is 0 Å². The number of carbonyl (C=O) groups excluding carboxylic acids is 1. The summed E-state index contributed by atoms with van der Waals surface area (Å²) in [5, 5.41) is 20.3. The molecule has 3 saturated carbocycles. The van der Waals surface area contributed by atoms with E-state index < -0.39 is 24.8 Å². The van der Waals surface area contributed by atoms with Gasteiger partial charge in [-0.25, -0.2) is 4.39 Å². The van der Waals surface area contributed by atoms with E-state index in [9.17, 15) is 32.6 Å². The number of Topliss-reactive ketones (excluding diaryl/α,β-unsaturated/α-hetero) is 1. The summed E-state index contributed by atoms with van der Waals surface area (Å²) in [7, 11) is 0. The quantitative estimate of drug-likeness (QED) is 0.247. The predicted octanol–water partition coefficient (Wildman–Crippen LogP) is 7.83. The SMILES string of the molecule is NC[C@H]1C[C@@H]2C(CCC1C1CCC(Cc3ccc(O)cc3F)CC1)C2c1ccc(CCC(=O)CCC(F)(F)F)cc1O. The third-order valence-corrected chi connectivity index (χ3v) is 10.5. The number of alkyl halides is 3. The first-order valence-electron chi connectivity index (χ1n) is 15.6. The molecule has 230 valence electrons. The van der Waals surface area contributed by atoms with Crippen molar-refractivity contribution in [2.75, 3.05) is 6.54 Å². The van der Waals surface area contributed by atoms with E-state index in [4.69, 9.17) is 5.73 Å². The van der Waals surface area contributed by atoms with Crippen molar-refractivity contribution in [3.63, 3.8) is 0 Å². The van der Waals surface area contributed by atoms with Gasteiger partial charge in [-0.2, -0.15) is 13.2 Å². The van der Waals surface area contributed by atoms with E-state index in [1.807, 2.05) is 12.1 Å². The van der Waals surface area contributed by atoms with Crippen LogP contribution in [-0.4, -0.2) is 28.7 Å². The lowest BCUT2D eigenvalue weighted by Crippen LogP contribution is -2.32. The van der Waals surface area contributed by atoms with Gasteiger partial charge >= 0.3 is 6.18 Å². The minimum absolute atomic E-state index is 0.0391. The smallest absolute Gasteiger partial charge is 0.389 e. The second-order valence-electron chi connectivity index (χ2n) is 13.1. The average Bonchev–Trinajstić information content (AvgIpc) is 3.66. The number of halogens is 4. The Hall–Kier alpha value is -2.61. The van der Waals surface area contributed by atoms with Gasteiger partial charge in [-0.1, -0.05) is 18.2 Å². The number of aryl methyl sites for hydroxylation is 1. The van der Waals surface area contributed by atoms with E-state index in [1.165, 1.54) is 6.07 Å². The molecule has 0 heterocycles. The van der Waals surface area contributed by atoms with E-state index in [2.05, 4.69) is 0 Å². The van der Waals surface area contributed by atoms with Crippen molar-refractivity contribution in [1.29, 1.82) is 0 Å². The number of aromatic hydroxyl groups is 2. The Labute approximate surface area is 245 Å². The van der Waals surface area contributed by atoms with Crippen LogP contribution in [0.4, 0.5) is 17.6 Å². The summed E-state index contributed by atoms with van der Waals surface area (Å²) in [5.74, 6) is 2.92. The molecule has 3 aliphatic carbocycles. The van der Waals surface area contributed by atoms with Crippen LogP contribution >= 0.6 is 0 Å². The molecule has 0 radical (unpaired) electrons. The van der Waals surface area contributed by atoms with E-state index in [0.717, 1.165) is 56.1 Å². The first kappa shape index (κ1) is 30.8. The molecule has 2 aromatic carbocycles. The van der Waals surface area contributed by atoms with Crippen LogP contribution in [0.1, 0.15) is 86.8 Å². The highest BCUT2D eigenvalue weighted by Crippen LogP contribution is 2.64. The van der Waals surface area contributed by atoms with Crippen molar-refractivity contribution < 1.29 is 32.6 Å². The fourth-order valence-electron chi connectivity index (χ4n) is 8.21. The highest BCUT2D eigenvalue weighted by Gasteiger charge is 2.54. The normalized spacial score (nSPS) is 29.5. The first-order chi connectivity index (χ1) is 20.0. The van der Waals surface area contributed by atoms with E-state index >= 15 is 0 Å². The molecule has 5 rings (SSSR count). The third kappa shape index (κ3) is 7.47. The number of nitrogens with two attached hydrogens (primary N) is 1. The molecule has 0 aromatic heterocycles. The fourth-order valence-corrected chi connectivity index (χ4v) is 8.21. The zero-order chi connectivity index (χ0) is 30.0. The van der Waals surface area contributed by atoms with Crippen molar-refractivity contribution >= 4 is 5.78 Å². The van der Waals surface area contributed by atoms with Crippen molar-refractivity contribution in [1.82, 2.24) is 0 Å². The lowest BCUT2D eigenvalue weighted by Gasteiger charge is -2.38. The minimum Gasteiger partial charge on any atom is -0.508 e. The standard InChI is InChI=1S/C34H43F4NO3/c35-31-18-26(41)9-7-23(31)15-20-1-5-22(6-2-20)27-11-12-28-30(17-24(27)19-39)33(28)29-10-4-21(16-32(29)42)3-8-25(40)13-14-34(36,37)38/h4,7,9-10,16,18,20,22,24,27-28,30,33,41-42H,1-3,5-6,8,11-15,17,19,39H2/t20?,22?,24-,27?,28?,30-,33?/m1/s1. The molecule has 3 aliphatic rings. The van der Waals surface area contributed by atoms with Gasteiger partial charge in [-0.05, 0) is 135 Å². The number of fused-ring (bicyclic) bond motifs is 1. The molecule has 0 amide bonds. The molecular weight excluding hydrogens is 546 g/mol. The maximum absolute atomic E-state index is 14.2. The van der Waals surface area contributed by atoms with E-state index in [-0.39, 0.29) is 23.7 Å². The first-order valence-corrected chi connectivity index (χ1v) is 15.6. The molecule has 8 heteroatoms. The van der Waals surface area contributed by atoms with Gasteiger partial charge in [0, 0.05) is 18.9 Å². The highest BCUT2D eigenvalue weighted by molar-refractivity contribution is 5.78. The van der Waals surface area contributed by atoms with Crippen molar-refractivity contribution in [2.45, 2.75) is 89.1 Å². The zero-order valence-electron chi connectivity index (χ0n) is 24.1. The molecular formula is C34H43F4NO3. The molecule has 42 heavy (non-hydrogen) atoms. The van der Waals surface area contributed by atoms with Crippen molar-refractivity contribution in [2.24, 2.45) is 41.2 Å². The lowest BCUT2D eigenvalue weighted by atomic mass is 9.68. The monoisotopic (exact) mass is 589 g/mol. The molecule has 3 unspecified atom stereocenters. The Balaban J connectivity index is 1.12. The molecule has 2 aromatic rings. The van der Waals surface area contributed by atoms with Crippen LogP contribution in [0.15, 0.2) is 36.4 Å². The van der Waals surface area contributed by atoms with Crippen LogP contribution in [0.3, 0.4) is 0 Å². The number of benzene rings is 2. The lowest BCUT2D eigenvalue weighted by molar-refractivity contribution is -0.143. The zero-order valence-corrected chi connectivity index (χ0v) is 24.1. The van der Waals surface area contributed by atoms with Crippen LogP contribution in [0, 0.1) is 41.3 Å². The van der Waals surface area contributed by atoms with Crippen LogP contribution in [0.25, 0.3) is 0 Å². The summed E-state index contributed by atoms with van der Waals surface area (Å²) < 4.78 is 51.3. The van der Waals surface area contributed by atoms with Gasteiger partial charge in [-0.15, -0.1) is 0 Å². The molecule has 5 atom stereocenters. The number of carbonyl (C=O) groups is 1. The summed E-state index contributed by atoms with van der Waals surface area (Å²) in [6.45, 7) is 0.659. The molecule has 3 fully saturated rings. The average molecular weight is 590 g/mol. The van der Waals surface area contributed by atoms with E-state index in [1.54, 1.807) is 18.2 Å². The second-order valence-corrected chi connectivity index (χ2v) is 13.1. The predicted molar refractivity (Wildman–Crippen MR) is 154 cm³/mol. The summed E-state index contributed by atoms with van der Waals surface area (Å²) in [6.07, 6.45) is 2.94.